The van der Waals surface area contributed by atoms with E-state index in [0.717, 1.165) is 4.47 Å². The number of aromatic nitrogens is 1. The maximum Gasteiger partial charge on any atom is 0.285 e. The van der Waals surface area contributed by atoms with Crippen LogP contribution < -0.4 is 5.32 Å². The number of anilines is 1. The monoisotopic (exact) mass is 349 g/mol. The molecule has 1 N–H and O–H groups in total. The molecule has 0 spiro atoms. The Morgan fingerprint density at radius 3 is 2.62 bits per heavy atom. The zero-order valence-electron chi connectivity index (χ0n) is 11.4. The van der Waals surface area contributed by atoms with E-state index >= 15 is 0 Å². The summed E-state index contributed by atoms with van der Waals surface area (Å²) in [4.78, 5) is 27.0. The average Bonchev–Trinajstić information content (AvgIpc) is 2.42. The number of carbonyl (C=O) groups excluding carboxylic acids is 1. The molecule has 0 saturated heterocycles. The molecule has 0 fully saturated rings. The van der Waals surface area contributed by atoms with Crippen LogP contribution in [-0.4, -0.2) is 15.8 Å². The number of para-hydroxylation sites is 1. The first kappa shape index (κ1) is 15.1. The molecule has 1 amide bonds. The lowest BCUT2D eigenvalue weighted by Gasteiger charge is -2.07. The van der Waals surface area contributed by atoms with Crippen molar-refractivity contribution in [3.05, 3.63) is 61.7 Å². The molecule has 7 heteroatoms. The number of rotatable bonds is 3. The molecule has 2 rings (SSSR count). The molecule has 0 unspecified atom stereocenters. The second-order valence-electron chi connectivity index (χ2n) is 4.45. The van der Waals surface area contributed by atoms with Gasteiger partial charge in [-0.15, -0.1) is 0 Å². The highest BCUT2D eigenvalue weighted by Gasteiger charge is 2.22. The lowest BCUT2D eigenvalue weighted by molar-refractivity contribution is -0.385. The normalized spacial score (nSPS) is 10.2. The Balaban J connectivity index is 2.35. The summed E-state index contributed by atoms with van der Waals surface area (Å²) in [5, 5.41) is 13.7. The summed E-state index contributed by atoms with van der Waals surface area (Å²) in [7, 11) is 0. The number of amides is 1. The lowest BCUT2D eigenvalue weighted by Crippen LogP contribution is -2.15. The van der Waals surface area contributed by atoms with Gasteiger partial charge in [0.1, 0.15) is 11.4 Å². The van der Waals surface area contributed by atoms with Crippen molar-refractivity contribution in [3.8, 4) is 0 Å². The molecule has 2 aromatic rings. The Hall–Kier alpha value is -2.28. The first-order valence-corrected chi connectivity index (χ1v) is 6.88. The summed E-state index contributed by atoms with van der Waals surface area (Å²) in [6.45, 7) is 3.38. The van der Waals surface area contributed by atoms with Crippen molar-refractivity contribution in [1.82, 2.24) is 4.98 Å². The fourth-order valence-corrected chi connectivity index (χ4v) is 2.10. The van der Waals surface area contributed by atoms with Crippen molar-refractivity contribution in [2.45, 2.75) is 13.8 Å². The van der Waals surface area contributed by atoms with Gasteiger partial charge in [0, 0.05) is 10.0 Å². The second kappa shape index (κ2) is 6.01. The summed E-state index contributed by atoms with van der Waals surface area (Å²) >= 11 is 3.32. The number of carbonyl (C=O) groups is 1. The quantitative estimate of drug-likeness (QED) is 0.677. The summed E-state index contributed by atoms with van der Waals surface area (Å²) in [5.41, 5.74) is 0.977. The third-order valence-corrected chi connectivity index (χ3v) is 3.77. The molecule has 21 heavy (non-hydrogen) atoms. The summed E-state index contributed by atoms with van der Waals surface area (Å²) in [5.74, 6) is -0.212. The SMILES string of the molecule is Cc1cccc(C(=O)Nc2ccc(Br)c(C)n2)c1[N+](=O)[O-]. The number of nitrogens with one attached hydrogen (secondary N) is 1. The van der Waals surface area contributed by atoms with Crippen molar-refractivity contribution in [1.29, 1.82) is 0 Å². The van der Waals surface area contributed by atoms with Crippen LogP contribution in [0.15, 0.2) is 34.8 Å². The van der Waals surface area contributed by atoms with E-state index in [1.54, 1.807) is 38.1 Å². The van der Waals surface area contributed by atoms with Crippen molar-refractivity contribution in [3.63, 3.8) is 0 Å². The maximum absolute atomic E-state index is 12.2. The molecule has 1 aromatic carbocycles. The highest BCUT2D eigenvalue weighted by atomic mass is 79.9. The van der Waals surface area contributed by atoms with Crippen LogP contribution in [0.4, 0.5) is 11.5 Å². The summed E-state index contributed by atoms with van der Waals surface area (Å²) < 4.78 is 0.821. The second-order valence-corrected chi connectivity index (χ2v) is 5.30. The fourth-order valence-electron chi connectivity index (χ4n) is 1.88. The largest absolute Gasteiger partial charge is 0.306 e. The predicted octanol–water partition coefficient (Wildman–Crippen LogP) is 3.62. The van der Waals surface area contributed by atoms with Gasteiger partial charge in [-0.1, -0.05) is 12.1 Å². The van der Waals surface area contributed by atoms with E-state index in [0.29, 0.717) is 17.1 Å². The van der Waals surface area contributed by atoms with Crippen LogP contribution in [0.2, 0.25) is 0 Å². The van der Waals surface area contributed by atoms with Crippen LogP contribution in [-0.2, 0) is 0 Å². The van der Waals surface area contributed by atoms with Gasteiger partial charge in [-0.05, 0) is 48.0 Å². The molecule has 0 aliphatic carbocycles. The number of halogens is 1. The number of nitrogens with zero attached hydrogens (tertiary/aromatic N) is 2. The number of hydrogen-bond acceptors (Lipinski definition) is 4. The number of aryl methyl sites for hydroxylation is 2. The van der Waals surface area contributed by atoms with Crippen molar-refractivity contribution >= 4 is 33.3 Å². The number of nitro benzene ring substituents is 1. The zero-order valence-corrected chi connectivity index (χ0v) is 13.0. The molecule has 0 bridgehead atoms. The smallest absolute Gasteiger partial charge is 0.285 e. The Morgan fingerprint density at radius 2 is 2.00 bits per heavy atom. The molecule has 1 aromatic heterocycles. The average molecular weight is 350 g/mol. The molecule has 0 saturated carbocycles. The third-order valence-electron chi connectivity index (χ3n) is 2.93. The topological polar surface area (TPSA) is 85.1 Å². The minimum Gasteiger partial charge on any atom is -0.306 e. The molecule has 0 atom stereocenters. The van der Waals surface area contributed by atoms with Crippen LogP contribution in [0.25, 0.3) is 0 Å². The Kier molecular flexibility index (Phi) is 4.32. The van der Waals surface area contributed by atoms with Gasteiger partial charge in [-0.3, -0.25) is 14.9 Å². The number of hydrogen-bond donors (Lipinski definition) is 1. The molecular formula is C14H12BrN3O3. The van der Waals surface area contributed by atoms with Crippen LogP contribution in [0.1, 0.15) is 21.6 Å². The van der Waals surface area contributed by atoms with Gasteiger partial charge in [0.25, 0.3) is 11.6 Å². The Bertz CT molecular complexity index is 731. The van der Waals surface area contributed by atoms with E-state index in [2.05, 4.69) is 26.2 Å². The molecule has 1 heterocycles. The highest BCUT2D eigenvalue weighted by Crippen LogP contribution is 2.24. The van der Waals surface area contributed by atoms with Gasteiger partial charge >= 0.3 is 0 Å². The first-order valence-electron chi connectivity index (χ1n) is 6.08. The van der Waals surface area contributed by atoms with E-state index in [1.807, 2.05) is 0 Å². The van der Waals surface area contributed by atoms with Crippen molar-refractivity contribution < 1.29 is 9.72 Å². The van der Waals surface area contributed by atoms with Gasteiger partial charge in [-0.2, -0.15) is 0 Å². The van der Waals surface area contributed by atoms with Gasteiger partial charge in [0.15, 0.2) is 0 Å². The van der Waals surface area contributed by atoms with Gasteiger partial charge in [0.2, 0.25) is 0 Å². The summed E-state index contributed by atoms with van der Waals surface area (Å²) in [6.07, 6.45) is 0. The first-order chi connectivity index (χ1) is 9.90. The van der Waals surface area contributed by atoms with Crippen LogP contribution in [0.3, 0.4) is 0 Å². The predicted molar refractivity (Wildman–Crippen MR) is 82.5 cm³/mol. The van der Waals surface area contributed by atoms with E-state index in [9.17, 15) is 14.9 Å². The molecular weight excluding hydrogens is 338 g/mol. The van der Waals surface area contributed by atoms with Crippen molar-refractivity contribution in [2.75, 3.05) is 5.32 Å². The van der Waals surface area contributed by atoms with E-state index in [4.69, 9.17) is 0 Å². The van der Waals surface area contributed by atoms with E-state index in [1.165, 1.54) is 6.07 Å². The van der Waals surface area contributed by atoms with E-state index in [-0.39, 0.29) is 11.3 Å². The fraction of sp³-hybridized carbons (Fsp3) is 0.143. The molecule has 0 aliphatic rings. The Morgan fingerprint density at radius 1 is 1.29 bits per heavy atom. The molecule has 6 nitrogen and oxygen atoms in total. The number of nitro groups is 1. The third kappa shape index (κ3) is 3.25. The molecule has 108 valence electrons. The van der Waals surface area contributed by atoms with E-state index < -0.39 is 10.8 Å². The minimum atomic E-state index is -0.556. The van der Waals surface area contributed by atoms with Crippen molar-refractivity contribution in [2.24, 2.45) is 0 Å². The minimum absolute atomic E-state index is 0.0161. The number of pyridine rings is 1. The van der Waals surface area contributed by atoms with Gasteiger partial charge < -0.3 is 5.32 Å². The highest BCUT2D eigenvalue weighted by molar-refractivity contribution is 9.10. The van der Waals surface area contributed by atoms with Crippen LogP contribution in [0, 0.1) is 24.0 Å². The standard InChI is InChI=1S/C14H12BrN3O3/c1-8-4-3-5-10(13(8)18(20)21)14(19)17-12-7-6-11(15)9(2)16-12/h3-7H,1-2H3,(H,16,17,19). The lowest BCUT2D eigenvalue weighted by atomic mass is 10.1. The van der Waals surface area contributed by atoms with Crippen LogP contribution >= 0.6 is 15.9 Å². The van der Waals surface area contributed by atoms with Crippen LogP contribution in [0.5, 0.6) is 0 Å². The number of benzene rings is 1. The zero-order chi connectivity index (χ0) is 15.6. The van der Waals surface area contributed by atoms with Gasteiger partial charge in [0.05, 0.1) is 10.6 Å². The Labute approximate surface area is 129 Å². The molecule has 0 aliphatic heterocycles. The van der Waals surface area contributed by atoms with Gasteiger partial charge in [-0.25, -0.2) is 4.98 Å². The maximum atomic E-state index is 12.2. The summed E-state index contributed by atoms with van der Waals surface area (Å²) in [6, 6.07) is 8.00. The molecule has 0 radical (unpaired) electrons.